The third kappa shape index (κ3) is 2.80. The Bertz CT molecular complexity index is 293. The summed E-state index contributed by atoms with van der Waals surface area (Å²) in [4.78, 5) is 15.8. The predicted octanol–water partition coefficient (Wildman–Crippen LogP) is 0.702. The molecule has 98 valence electrons. The van der Waals surface area contributed by atoms with Crippen LogP contribution in [0.15, 0.2) is 0 Å². The number of likely N-dealkylation sites (N-methyl/N-ethyl adjacent to an activating group) is 1. The zero-order valence-corrected chi connectivity index (χ0v) is 11.0. The maximum atomic E-state index is 12.0. The van der Waals surface area contributed by atoms with E-state index in [0.29, 0.717) is 12.5 Å². The van der Waals surface area contributed by atoms with Gasteiger partial charge in [-0.15, -0.1) is 0 Å². The Hall–Kier alpha value is -0.610. The van der Waals surface area contributed by atoms with Gasteiger partial charge >= 0.3 is 0 Å². The molecule has 0 aromatic carbocycles. The monoisotopic (exact) mass is 240 g/mol. The highest BCUT2D eigenvalue weighted by molar-refractivity contribution is 5.78. The van der Waals surface area contributed by atoms with E-state index < -0.39 is 5.60 Å². The van der Waals surface area contributed by atoms with Crippen LogP contribution in [0.2, 0.25) is 0 Å². The molecular weight excluding hydrogens is 216 g/mol. The van der Waals surface area contributed by atoms with Crippen molar-refractivity contribution in [3.8, 4) is 0 Å². The molecule has 4 nitrogen and oxygen atoms in total. The lowest BCUT2D eigenvalue weighted by molar-refractivity contribution is -0.143. The molecule has 17 heavy (non-hydrogen) atoms. The van der Waals surface area contributed by atoms with Gasteiger partial charge in [0.2, 0.25) is 5.91 Å². The average molecular weight is 240 g/mol. The first-order valence-electron chi connectivity index (χ1n) is 6.66. The zero-order valence-electron chi connectivity index (χ0n) is 11.0. The van der Waals surface area contributed by atoms with E-state index >= 15 is 0 Å². The van der Waals surface area contributed by atoms with Gasteiger partial charge in [-0.05, 0) is 33.4 Å². The lowest BCUT2D eigenvalue weighted by Crippen LogP contribution is -2.55. The van der Waals surface area contributed by atoms with Crippen LogP contribution in [0.5, 0.6) is 0 Å². The molecule has 0 spiro atoms. The summed E-state index contributed by atoms with van der Waals surface area (Å²) < 4.78 is 0. The SMILES string of the molecule is CN(C)CC(=O)N1CCC2(O)CCCCC2C1. The summed E-state index contributed by atoms with van der Waals surface area (Å²) in [6.07, 6.45) is 5.09. The van der Waals surface area contributed by atoms with Crippen molar-refractivity contribution in [3.05, 3.63) is 0 Å². The number of hydrogen-bond acceptors (Lipinski definition) is 3. The van der Waals surface area contributed by atoms with Crippen molar-refractivity contribution in [2.24, 2.45) is 5.92 Å². The van der Waals surface area contributed by atoms with Crippen LogP contribution in [-0.4, -0.2) is 60.1 Å². The molecule has 0 radical (unpaired) electrons. The first kappa shape index (κ1) is 12.8. The average Bonchev–Trinajstić information content (AvgIpc) is 2.26. The minimum atomic E-state index is -0.479. The van der Waals surface area contributed by atoms with Gasteiger partial charge in [-0.1, -0.05) is 12.8 Å². The van der Waals surface area contributed by atoms with Gasteiger partial charge in [-0.2, -0.15) is 0 Å². The van der Waals surface area contributed by atoms with E-state index in [2.05, 4.69) is 0 Å². The van der Waals surface area contributed by atoms with E-state index in [1.807, 2.05) is 23.9 Å². The highest BCUT2D eigenvalue weighted by Gasteiger charge is 2.43. The summed E-state index contributed by atoms with van der Waals surface area (Å²) in [6, 6.07) is 0. The summed E-state index contributed by atoms with van der Waals surface area (Å²) in [5.74, 6) is 0.499. The number of carbonyl (C=O) groups excluding carboxylic acids is 1. The largest absolute Gasteiger partial charge is 0.389 e. The van der Waals surface area contributed by atoms with Crippen LogP contribution in [-0.2, 0) is 4.79 Å². The Morgan fingerprint density at radius 2 is 2.18 bits per heavy atom. The molecule has 1 N–H and O–H groups in total. The number of fused-ring (bicyclic) bond motifs is 1. The van der Waals surface area contributed by atoms with Crippen LogP contribution in [0.3, 0.4) is 0 Å². The van der Waals surface area contributed by atoms with E-state index in [9.17, 15) is 9.90 Å². The first-order valence-corrected chi connectivity index (χ1v) is 6.66. The van der Waals surface area contributed by atoms with Gasteiger partial charge in [0.1, 0.15) is 0 Å². The molecule has 4 heteroatoms. The maximum Gasteiger partial charge on any atom is 0.236 e. The topological polar surface area (TPSA) is 43.8 Å². The lowest BCUT2D eigenvalue weighted by atomic mass is 9.71. The molecule has 0 bridgehead atoms. The maximum absolute atomic E-state index is 12.0. The van der Waals surface area contributed by atoms with E-state index in [1.54, 1.807) is 0 Å². The molecule has 1 amide bonds. The Balaban J connectivity index is 1.95. The summed E-state index contributed by atoms with van der Waals surface area (Å²) in [5, 5.41) is 10.5. The van der Waals surface area contributed by atoms with E-state index in [1.165, 1.54) is 6.42 Å². The molecule has 1 heterocycles. The molecule has 1 aliphatic heterocycles. The number of rotatable bonds is 2. The van der Waals surface area contributed by atoms with E-state index in [0.717, 1.165) is 38.8 Å². The summed E-state index contributed by atoms with van der Waals surface area (Å²) >= 11 is 0. The van der Waals surface area contributed by atoms with Gasteiger partial charge in [-0.25, -0.2) is 0 Å². The second-order valence-electron chi connectivity index (χ2n) is 5.87. The van der Waals surface area contributed by atoms with Gasteiger partial charge in [0, 0.05) is 19.0 Å². The number of carbonyl (C=O) groups is 1. The second kappa shape index (κ2) is 4.94. The smallest absolute Gasteiger partial charge is 0.236 e. The van der Waals surface area contributed by atoms with Crippen LogP contribution in [0.1, 0.15) is 32.1 Å². The van der Waals surface area contributed by atoms with Crippen molar-refractivity contribution in [1.82, 2.24) is 9.80 Å². The molecular formula is C13H24N2O2. The molecule has 2 unspecified atom stereocenters. The van der Waals surface area contributed by atoms with Gasteiger partial charge in [0.25, 0.3) is 0 Å². The van der Waals surface area contributed by atoms with Crippen LogP contribution in [0.4, 0.5) is 0 Å². The quantitative estimate of drug-likeness (QED) is 0.773. The minimum Gasteiger partial charge on any atom is -0.389 e. The lowest BCUT2D eigenvalue weighted by Gasteiger charge is -2.47. The first-order chi connectivity index (χ1) is 8.01. The molecule has 2 aliphatic rings. The number of aliphatic hydroxyl groups is 1. The second-order valence-corrected chi connectivity index (χ2v) is 5.87. The standard InChI is InChI=1S/C13H24N2O2/c1-14(2)10-12(16)15-8-7-13(17)6-4-3-5-11(13)9-15/h11,17H,3-10H2,1-2H3. The Labute approximate surface area is 104 Å². The Morgan fingerprint density at radius 1 is 1.41 bits per heavy atom. The summed E-state index contributed by atoms with van der Waals surface area (Å²) in [5.41, 5.74) is -0.479. The van der Waals surface area contributed by atoms with Crippen molar-refractivity contribution >= 4 is 5.91 Å². The molecule has 2 rings (SSSR count). The molecule has 1 aliphatic carbocycles. The normalized spacial score (nSPS) is 33.6. The predicted molar refractivity (Wildman–Crippen MR) is 66.7 cm³/mol. The van der Waals surface area contributed by atoms with Gasteiger partial charge in [-0.3, -0.25) is 4.79 Å². The van der Waals surface area contributed by atoms with Crippen molar-refractivity contribution in [3.63, 3.8) is 0 Å². The van der Waals surface area contributed by atoms with Crippen LogP contribution in [0.25, 0.3) is 0 Å². The van der Waals surface area contributed by atoms with Crippen molar-refractivity contribution in [2.45, 2.75) is 37.7 Å². The van der Waals surface area contributed by atoms with Crippen LogP contribution >= 0.6 is 0 Å². The molecule has 0 aromatic heterocycles. The van der Waals surface area contributed by atoms with E-state index in [-0.39, 0.29) is 5.91 Å². The fourth-order valence-corrected chi connectivity index (χ4v) is 3.17. The van der Waals surface area contributed by atoms with Gasteiger partial charge < -0.3 is 14.9 Å². The van der Waals surface area contributed by atoms with E-state index in [4.69, 9.17) is 0 Å². The van der Waals surface area contributed by atoms with Crippen LogP contribution in [0, 0.1) is 5.92 Å². The molecule has 1 saturated carbocycles. The highest BCUT2D eigenvalue weighted by atomic mass is 16.3. The third-order valence-electron chi connectivity index (χ3n) is 4.23. The third-order valence-corrected chi connectivity index (χ3v) is 4.23. The van der Waals surface area contributed by atoms with Crippen LogP contribution < -0.4 is 0 Å². The Morgan fingerprint density at radius 3 is 2.88 bits per heavy atom. The summed E-state index contributed by atoms with van der Waals surface area (Å²) in [6.45, 7) is 1.95. The molecule has 0 aromatic rings. The number of piperidine rings is 1. The molecule has 2 atom stereocenters. The minimum absolute atomic E-state index is 0.197. The fraction of sp³-hybridized carbons (Fsp3) is 0.923. The summed E-state index contributed by atoms with van der Waals surface area (Å²) in [7, 11) is 3.83. The molecule has 2 fully saturated rings. The number of amides is 1. The molecule has 1 saturated heterocycles. The van der Waals surface area contributed by atoms with Crippen molar-refractivity contribution < 1.29 is 9.90 Å². The Kier molecular flexibility index (Phi) is 3.73. The zero-order chi connectivity index (χ0) is 12.5. The number of hydrogen-bond donors (Lipinski definition) is 1. The highest BCUT2D eigenvalue weighted by Crippen LogP contribution is 2.39. The number of nitrogens with zero attached hydrogens (tertiary/aromatic N) is 2. The van der Waals surface area contributed by atoms with Gasteiger partial charge in [0.15, 0.2) is 0 Å². The van der Waals surface area contributed by atoms with Crippen molar-refractivity contribution in [1.29, 1.82) is 0 Å². The van der Waals surface area contributed by atoms with Gasteiger partial charge in [0.05, 0.1) is 12.1 Å². The fourth-order valence-electron chi connectivity index (χ4n) is 3.17. The number of likely N-dealkylation sites (tertiary alicyclic amines) is 1. The van der Waals surface area contributed by atoms with Crippen molar-refractivity contribution in [2.75, 3.05) is 33.7 Å².